The molecule has 0 radical (unpaired) electrons. The fourth-order valence-corrected chi connectivity index (χ4v) is 2.82. The summed E-state index contributed by atoms with van der Waals surface area (Å²) in [4.78, 5) is 4.13. The molecule has 2 aromatic rings. The first-order valence-electron chi connectivity index (χ1n) is 6.93. The predicted molar refractivity (Wildman–Crippen MR) is 76.0 cm³/mol. The third kappa shape index (κ3) is 2.96. The van der Waals surface area contributed by atoms with E-state index in [4.69, 9.17) is 4.42 Å². The van der Waals surface area contributed by atoms with Crippen LogP contribution in [0.4, 0.5) is 0 Å². The Labute approximate surface area is 113 Å². The molecular weight excluding hydrogens is 238 g/mol. The van der Waals surface area contributed by atoms with Gasteiger partial charge in [-0.15, -0.1) is 0 Å². The molecule has 2 N–H and O–H groups in total. The van der Waals surface area contributed by atoms with Gasteiger partial charge in [-0.3, -0.25) is 0 Å². The van der Waals surface area contributed by atoms with E-state index in [9.17, 15) is 0 Å². The summed E-state index contributed by atoms with van der Waals surface area (Å²) in [5.41, 5.74) is 3.28. The first kappa shape index (κ1) is 12.6. The van der Waals surface area contributed by atoms with E-state index in [1.807, 2.05) is 6.07 Å². The third-order valence-corrected chi connectivity index (χ3v) is 3.84. The van der Waals surface area contributed by atoms with Crippen molar-refractivity contribution in [1.29, 1.82) is 0 Å². The Morgan fingerprint density at radius 1 is 1.47 bits per heavy atom. The summed E-state index contributed by atoms with van der Waals surface area (Å²) in [6.07, 6.45) is 3.85. The molecule has 1 unspecified atom stereocenters. The Hall–Kier alpha value is -1.39. The van der Waals surface area contributed by atoms with Crippen LogP contribution < -0.4 is 10.6 Å². The van der Waals surface area contributed by atoms with Gasteiger partial charge in [0.25, 0.3) is 0 Å². The second-order valence-electron chi connectivity index (χ2n) is 6.04. The minimum atomic E-state index is 0.241. The van der Waals surface area contributed by atoms with Gasteiger partial charge in [-0.05, 0) is 50.9 Å². The lowest BCUT2D eigenvalue weighted by Crippen LogP contribution is -2.51. The van der Waals surface area contributed by atoms with E-state index >= 15 is 0 Å². The van der Waals surface area contributed by atoms with Crippen LogP contribution in [0.2, 0.25) is 0 Å². The van der Waals surface area contributed by atoms with E-state index < -0.39 is 0 Å². The molecule has 0 amide bonds. The van der Waals surface area contributed by atoms with Gasteiger partial charge in [0.05, 0.1) is 0 Å². The number of nitrogens with one attached hydrogen (secondary N) is 2. The van der Waals surface area contributed by atoms with Crippen LogP contribution in [-0.2, 0) is 6.54 Å². The lowest BCUT2D eigenvalue weighted by molar-refractivity contribution is 0.247. The highest BCUT2D eigenvalue weighted by Gasteiger charge is 2.26. The summed E-state index contributed by atoms with van der Waals surface area (Å²) in [5, 5.41) is 7.19. The SMILES string of the molecule is CC1(C)CC(NCc2ccc3ncoc3c2)CCN1. The molecule has 4 nitrogen and oxygen atoms in total. The fraction of sp³-hybridized carbons (Fsp3) is 0.533. The molecule has 19 heavy (non-hydrogen) atoms. The van der Waals surface area contributed by atoms with Crippen molar-refractivity contribution >= 4 is 11.1 Å². The molecule has 1 aromatic heterocycles. The number of nitrogens with zero attached hydrogens (tertiary/aromatic N) is 1. The van der Waals surface area contributed by atoms with E-state index in [0.29, 0.717) is 6.04 Å². The van der Waals surface area contributed by atoms with Crippen molar-refractivity contribution in [2.24, 2.45) is 0 Å². The van der Waals surface area contributed by atoms with E-state index in [1.165, 1.54) is 18.4 Å². The number of fused-ring (bicyclic) bond motifs is 1. The van der Waals surface area contributed by atoms with Crippen molar-refractivity contribution in [3.05, 3.63) is 30.2 Å². The zero-order valence-corrected chi connectivity index (χ0v) is 11.6. The van der Waals surface area contributed by atoms with E-state index in [-0.39, 0.29) is 5.54 Å². The quantitative estimate of drug-likeness (QED) is 0.889. The number of aromatic nitrogens is 1. The number of piperidine rings is 1. The topological polar surface area (TPSA) is 50.1 Å². The van der Waals surface area contributed by atoms with Crippen LogP contribution in [0, 0.1) is 0 Å². The highest BCUT2D eigenvalue weighted by atomic mass is 16.3. The Morgan fingerprint density at radius 2 is 2.37 bits per heavy atom. The smallest absolute Gasteiger partial charge is 0.181 e. The van der Waals surface area contributed by atoms with Crippen LogP contribution in [0.25, 0.3) is 11.1 Å². The van der Waals surface area contributed by atoms with Gasteiger partial charge < -0.3 is 15.1 Å². The number of hydrogen-bond donors (Lipinski definition) is 2. The zero-order chi connectivity index (χ0) is 13.3. The van der Waals surface area contributed by atoms with Crippen molar-refractivity contribution in [3.63, 3.8) is 0 Å². The average Bonchev–Trinajstić information content (AvgIpc) is 2.82. The molecule has 0 saturated carbocycles. The number of rotatable bonds is 3. The van der Waals surface area contributed by atoms with Gasteiger partial charge in [0.15, 0.2) is 12.0 Å². The van der Waals surface area contributed by atoms with Gasteiger partial charge >= 0.3 is 0 Å². The number of hydrogen-bond acceptors (Lipinski definition) is 4. The minimum Gasteiger partial charge on any atom is -0.443 e. The Kier molecular flexibility index (Phi) is 3.29. The lowest BCUT2D eigenvalue weighted by Gasteiger charge is -2.37. The van der Waals surface area contributed by atoms with Crippen LogP contribution >= 0.6 is 0 Å². The zero-order valence-electron chi connectivity index (χ0n) is 11.6. The molecule has 0 spiro atoms. The maximum atomic E-state index is 5.33. The molecule has 4 heteroatoms. The summed E-state index contributed by atoms with van der Waals surface area (Å²) >= 11 is 0. The molecule has 1 saturated heterocycles. The van der Waals surface area contributed by atoms with Crippen LogP contribution in [0.5, 0.6) is 0 Å². The van der Waals surface area contributed by atoms with Gasteiger partial charge in [-0.2, -0.15) is 0 Å². The average molecular weight is 259 g/mol. The molecule has 3 rings (SSSR count). The maximum absolute atomic E-state index is 5.33. The molecule has 1 aromatic carbocycles. The minimum absolute atomic E-state index is 0.241. The second kappa shape index (κ2) is 4.94. The summed E-state index contributed by atoms with van der Waals surface area (Å²) in [7, 11) is 0. The van der Waals surface area contributed by atoms with E-state index in [2.05, 4.69) is 41.6 Å². The Balaban J connectivity index is 1.62. The second-order valence-corrected chi connectivity index (χ2v) is 6.04. The first-order valence-corrected chi connectivity index (χ1v) is 6.93. The molecule has 2 heterocycles. The van der Waals surface area contributed by atoms with Gasteiger partial charge in [0, 0.05) is 18.1 Å². The normalized spacial score (nSPS) is 22.7. The monoisotopic (exact) mass is 259 g/mol. The van der Waals surface area contributed by atoms with Crippen molar-refractivity contribution in [2.45, 2.75) is 44.8 Å². The first-order chi connectivity index (χ1) is 9.12. The summed E-state index contributed by atoms with van der Waals surface area (Å²) in [5.74, 6) is 0. The lowest BCUT2D eigenvalue weighted by atomic mass is 9.89. The van der Waals surface area contributed by atoms with Gasteiger partial charge in [-0.25, -0.2) is 4.98 Å². The molecule has 0 aliphatic carbocycles. The van der Waals surface area contributed by atoms with Gasteiger partial charge in [0.2, 0.25) is 0 Å². The van der Waals surface area contributed by atoms with Gasteiger partial charge in [-0.1, -0.05) is 6.07 Å². The van der Waals surface area contributed by atoms with Crippen LogP contribution in [-0.4, -0.2) is 23.1 Å². The molecule has 102 valence electrons. The van der Waals surface area contributed by atoms with Crippen molar-refractivity contribution in [1.82, 2.24) is 15.6 Å². The molecule has 0 bridgehead atoms. The van der Waals surface area contributed by atoms with Crippen LogP contribution in [0.1, 0.15) is 32.3 Å². The summed E-state index contributed by atoms with van der Waals surface area (Å²) in [6, 6.07) is 6.79. The highest BCUT2D eigenvalue weighted by molar-refractivity contribution is 5.72. The molecule has 1 aliphatic heterocycles. The summed E-state index contributed by atoms with van der Waals surface area (Å²) in [6.45, 7) is 6.51. The van der Waals surface area contributed by atoms with Crippen molar-refractivity contribution < 1.29 is 4.42 Å². The van der Waals surface area contributed by atoms with Crippen LogP contribution in [0.3, 0.4) is 0 Å². The van der Waals surface area contributed by atoms with Crippen molar-refractivity contribution in [2.75, 3.05) is 6.54 Å². The summed E-state index contributed by atoms with van der Waals surface area (Å²) < 4.78 is 5.33. The maximum Gasteiger partial charge on any atom is 0.181 e. The Morgan fingerprint density at radius 3 is 3.21 bits per heavy atom. The highest BCUT2D eigenvalue weighted by Crippen LogP contribution is 2.19. The molecule has 1 atom stereocenters. The molecule has 1 fully saturated rings. The van der Waals surface area contributed by atoms with E-state index in [0.717, 1.165) is 30.6 Å². The van der Waals surface area contributed by atoms with Gasteiger partial charge in [0.1, 0.15) is 5.52 Å². The predicted octanol–water partition coefficient (Wildman–Crippen LogP) is 2.45. The standard InChI is InChI=1S/C15H21N3O/c1-15(2)8-12(5-6-18-15)16-9-11-3-4-13-14(7-11)19-10-17-13/h3-4,7,10,12,16,18H,5-6,8-9H2,1-2H3. The Bertz CT molecular complexity index is 561. The molecular formula is C15H21N3O. The number of oxazole rings is 1. The van der Waals surface area contributed by atoms with Crippen molar-refractivity contribution in [3.8, 4) is 0 Å². The largest absolute Gasteiger partial charge is 0.443 e. The van der Waals surface area contributed by atoms with E-state index in [1.54, 1.807) is 0 Å². The third-order valence-electron chi connectivity index (χ3n) is 3.84. The molecule has 1 aliphatic rings. The number of benzene rings is 1. The fourth-order valence-electron chi connectivity index (χ4n) is 2.82. The van der Waals surface area contributed by atoms with Crippen LogP contribution in [0.15, 0.2) is 29.0 Å².